The van der Waals surface area contributed by atoms with E-state index < -0.39 is 0 Å². The van der Waals surface area contributed by atoms with Crippen LogP contribution in [-0.4, -0.2) is 40.7 Å². The molecule has 1 unspecified atom stereocenters. The molecular formula is C20H25ClN4O2. The third-order valence-corrected chi connectivity index (χ3v) is 5.47. The standard InChI is InChI=1S/C20H24N4O2.ClH/c1-13(19-8-14-6-4-5-7-18(14)26-19)24(3)20(25)17-11-21-10-16(17)15-9-22-23(2)12-15;/h4-9,12-13,16-17,21H,10-11H2,1-3H3;1H/t13?,16-,17+;/m1./s1. The van der Waals surface area contributed by atoms with Crippen LogP contribution in [0.1, 0.15) is 30.2 Å². The molecule has 1 aliphatic rings. The fourth-order valence-electron chi connectivity index (χ4n) is 3.77. The van der Waals surface area contributed by atoms with Crippen LogP contribution in [0.5, 0.6) is 0 Å². The number of fused-ring (bicyclic) bond motifs is 1. The number of hydrogen-bond acceptors (Lipinski definition) is 4. The maximum Gasteiger partial charge on any atom is 0.227 e. The minimum atomic E-state index is -0.120. The number of hydrogen-bond donors (Lipinski definition) is 1. The Balaban J connectivity index is 0.00000210. The molecule has 0 radical (unpaired) electrons. The summed E-state index contributed by atoms with van der Waals surface area (Å²) in [5, 5.41) is 8.68. The molecule has 7 heteroatoms. The number of carbonyl (C=O) groups is 1. The van der Waals surface area contributed by atoms with Crippen LogP contribution >= 0.6 is 12.4 Å². The van der Waals surface area contributed by atoms with Gasteiger partial charge in [0, 0.05) is 44.7 Å². The zero-order valence-corrected chi connectivity index (χ0v) is 16.6. The van der Waals surface area contributed by atoms with Crippen LogP contribution in [0, 0.1) is 5.92 Å². The molecule has 1 saturated heterocycles. The van der Waals surface area contributed by atoms with Gasteiger partial charge in [-0.3, -0.25) is 9.48 Å². The molecule has 3 aromatic rings. The summed E-state index contributed by atoms with van der Waals surface area (Å²) in [4.78, 5) is 15.0. The summed E-state index contributed by atoms with van der Waals surface area (Å²) in [6.45, 7) is 3.50. The number of furan rings is 1. The van der Waals surface area contributed by atoms with E-state index in [2.05, 4.69) is 10.4 Å². The first-order chi connectivity index (χ1) is 12.5. The molecule has 3 heterocycles. The lowest BCUT2D eigenvalue weighted by molar-refractivity contribution is -0.136. The molecule has 3 atom stereocenters. The van der Waals surface area contributed by atoms with Crippen molar-refractivity contribution < 1.29 is 9.21 Å². The lowest BCUT2D eigenvalue weighted by Crippen LogP contribution is -2.37. The summed E-state index contributed by atoms with van der Waals surface area (Å²) in [5.74, 6) is 1.01. The Morgan fingerprint density at radius 1 is 1.37 bits per heavy atom. The minimum Gasteiger partial charge on any atom is -0.459 e. The molecule has 2 aromatic heterocycles. The molecule has 0 spiro atoms. The Morgan fingerprint density at radius 3 is 2.85 bits per heavy atom. The first kappa shape index (κ1) is 19.5. The summed E-state index contributed by atoms with van der Waals surface area (Å²) in [6, 6.07) is 9.82. The molecule has 0 saturated carbocycles. The van der Waals surface area contributed by atoms with E-state index in [1.807, 2.05) is 63.7 Å². The first-order valence-corrected chi connectivity index (χ1v) is 8.99. The normalized spacial score (nSPS) is 20.4. The second-order valence-corrected chi connectivity index (χ2v) is 7.13. The average molecular weight is 389 g/mol. The molecule has 1 amide bonds. The van der Waals surface area contributed by atoms with Crippen LogP contribution < -0.4 is 5.32 Å². The highest BCUT2D eigenvalue weighted by Gasteiger charge is 2.37. The van der Waals surface area contributed by atoms with Crippen molar-refractivity contribution in [2.45, 2.75) is 18.9 Å². The maximum atomic E-state index is 13.2. The predicted octanol–water partition coefficient (Wildman–Crippen LogP) is 3.11. The van der Waals surface area contributed by atoms with Gasteiger partial charge in [0.25, 0.3) is 0 Å². The van der Waals surface area contributed by atoms with Gasteiger partial charge in [0.05, 0.1) is 18.2 Å². The topological polar surface area (TPSA) is 63.3 Å². The van der Waals surface area contributed by atoms with Gasteiger partial charge in [0.15, 0.2) is 0 Å². The first-order valence-electron chi connectivity index (χ1n) is 8.99. The van der Waals surface area contributed by atoms with Crippen LogP contribution in [0.2, 0.25) is 0 Å². The van der Waals surface area contributed by atoms with E-state index in [4.69, 9.17) is 4.42 Å². The molecule has 1 aromatic carbocycles. The van der Waals surface area contributed by atoms with Gasteiger partial charge in [0.1, 0.15) is 11.3 Å². The van der Waals surface area contributed by atoms with Crippen LogP contribution in [0.15, 0.2) is 47.1 Å². The van der Waals surface area contributed by atoms with Crippen molar-refractivity contribution in [3.8, 4) is 0 Å². The maximum absolute atomic E-state index is 13.2. The Bertz CT molecular complexity index is 902. The Morgan fingerprint density at radius 2 is 2.15 bits per heavy atom. The number of carbonyl (C=O) groups excluding carboxylic acids is 1. The second-order valence-electron chi connectivity index (χ2n) is 7.13. The Kier molecular flexibility index (Phi) is 5.58. The second kappa shape index (κ2) is 7.74. The largest absolute Gasteiger partial charge is 0.459 e. The van der Waals surface area contributed by atoms with E-state index in [1.54, 1.807) is 9.58 Å². The highest BCUT2D eigenvalue weighted by Crippen LogP contribution is 2.32. The lowest BCUT2D eigenvalue weighted by Gasteiger charge is -2.28. The number of aryl methyl sites for hydroxylation is 1. The number of aromatic nitrogens is 2. The third kappa shape index (κ3) is 3.59. The van der Waals surface area contributed by atoms with E-state index in [1.165, 1.54) is 0 Å². The Hall–Kier alpha value is -2.31. The van der Waals surface area contributed by atoms with Crippen LogP contribution in [0.25, 0.3) is 11.0 Å². The van der Waals surface area contributed by atoms with Crippen molar-refractivity contribution >= 4 is 29.3 Å². The number of amides is 1. The molecule has 0 aliphatic carbocycles. The van der Waals surface area contributed by atoms with E-state index in [9.17, 15) is 4.79 Å². The third-order valence-electron chi connectivity index (χ3n) is 5.47. The summed E-state index contributed by atoms with van der Waals surface area (Å²) in [6.07, 6.45) is 3.86. The highest BCUT2D eigenvalue weighted by atomic mass is 35.5. The van der Waals surface area contributed by atoms with Crippen molar-refractivity contribution in [1.29, 1.82) is 0 Å². The van der Waals surface area contributed by atoms with Gasteiger partial charge in [-0.25, -0.2) is 0 Å². The number of rotatable bonds is 4. The summed E-state index contributed by atoms with van der Waals surface area (Å²) in [5.41, 5.74) is 1.96. The lowest BCUT2D eigenvalue weighted by atomic mass is 9.89. The summed E-state index contributed by atoms with van der Waals surface area (Å²) < 4.78 is 7.74. The van der Waals surface area contributed by atoms with Crippen molar-refractivity contribution in [3.63, 3.8) is 0 Å². The molecule has 1 fully saturated rings. The number of nitrogens with one attached hydrogen (secondary N) is 1. The molecule has 1 N–H and O–H groups in total. The number of benzene rings is 1. The van der Waals surface area contributed by atoms with E-state index in [0.29, 0.717) is 6.54 Å². The molecule has 6 nitrogen and oxygen atoms in total. The van der Waals surface area contributed by atoms with Crippen molar-refractivity contribution in [2.24, 2.45) is 13.0 Å². The predicted molar refractivity (Wildman–Crippen MR) is 107 cm³/mol. The number of halogens is 1. The fourth-order valence-corrected chi connectivity index (χ4v) is 3.77. The minimum absolute atomic E-state index is 0. The number of nitrogens with zero attached hydrogens (tertiary/aromatic N) is 3. The van der Waals surface area contributed by atoms with Gasteiger partial charge < -0.3 is 14.6 Å². The van der Waals surface area contributed by atoms with Crippen LogP contribution in [0.3, 0.4) is 0 Å². The average Bonchev–Trinajstić information content (AvgIpc) is 3.37. The van der Waals surface area contributed by atoms with Crippen LogP contribution in [0.4, 0.5) is 0 Å². The smallest absolute Gasteiger partial charge is 0.227 e. The van der Waals surface area contributed by atoms with Gasteiger partial charge >= 0.3 is 0 Å². The summed E-state index contributed by atoms with van der Waals surface area (Å²) in [7, 11) is 3.76. The van der Waals surface area contributed by atoms with Crippen molar-refractivity contribution in [3.05, 3.63) is 54.0 Å². The van der Waals surface area contributed by atoms with Gasteiger partial charge in [-0.15, -0.1) is 12.4 Å². The van der Waals surface area contributed by atoms with Crippen LogP contribution in [-0.2, 0) is 11.8 Å². The van der Waals surface area contributed by atoms with Crippen molar-refractivity contribution in [2.75, 3.05) is 20.1 Å². The SMILES string of the molecule is CC(c1cc2ccccc2o1)N(C)C(=O)[C@H]1CNC[C@@H]1c1cnn(C)c1.Cl. The van der Waals surface area contributed by atoms with E-state index in [0.717, 1.165) is 28.8 Å². The zero-order chi connectivity index (χ0) is 18.3. The van der Waals surface area contributed by atoms with Gasteiger partial charge in [-0.1, -0.05) is 18.2 Å². The van der Waals surface area contributed by atoms with E-state index >= 15 is 0 Å². The summed E-state index contributed by atoms with van der Waals surface area (Å²) >= 11 is 0. The molecule has 0 bridgehead atoms. The quantitative estimate of drug-likeness (QED) is 0.745. The number of para-hydroxylation sites is 1. The van der Waals surface area contributed by atoms with Gasteiger partial charge in [-0.2, -0.15) is 5.10 Å². The Labute approximate surface area is 164 Å². The molecule has 1 aliphatic heterocycles. The van der Waals surface area contributed by atoms with Gasteiger partial charge in [0.2, 0.25) is 5.91 Å². The molecule has 27 heavy (non-hydrogen) atoms. The fraction of sp³-hybridized carbons (Fsp3) is 0.400. The monoisotopic (exact) mass is 388 g/mol. The van der Waals surface area contributed by atoms with Gasteiger partial charge in [-0.05, 0) is 24.6 Å². The zero-order valence-electron chi connectivity index (χ0n) is 15.8. The van der Waals surface area contributed by atoms with Crippen molar-refractivity contribution in [1.82, 2.24) is 20.0 Å². The highest BCUT2D eigenvalue weighted by molar-refractivity contribution is 5.85. The molecule has 144 valence electrons. The van der Waals surface area contributed by atoms with E-state index in [-0.39, 0.29) is 36.2 Å². The molecular weight excluding hydrogens is 364 g/mol. The molecule has 4 rings (SSSR count).